The molecule has 1 fully saturated rings. The number of rotatable bonds is 3. The van der Waals surface area contributed by atoms with Crippen LogP contribution in [0.4, 0.5) is 0 Å². The first kappa shape index (κ1) is 15.7. The lowest BCUT2D eigenvalue weighted by molar-refractivity contribution is -1.04. The van der Waals surface area contributed by atoms with E-state index in [-0.39, 0.29) is 12.2 Å². The van der Waals surface area contributed by atoms with Crippen LogP contribution in [-0.4, -0.2) is 38.9 Å². The molecule has 0 aromatic heterocycles. The third-order valence-electron chi connectivity index (χ3n) is 5.55. The molecular weight excluding hydrogens is 332 g/mol. The van der Waals surface area contributed by atoms with E-state index in [2.05, 4.69) is 12.1 Å². The number of hydrogen-bond acceptors (Lipinski definition) is 4. The second-order valence-electron chi connectivity index (χ2n) is 7.15. The van der Waals surface area contributed by atoms with Crippen LogP contribution >= 0.6 is 0 Å². The minimum absolute atomic E-state index is 0.147. The van der Waals surface area contributed by atoms with E-state index in [4.69, 9.17) is 14.2 Å². The second kappa shape index (κ2) is 6.30. The normalized spacial score (nSPS) is 26.5. The highest BCUT2D eigenvalue weighted by molar-refractivity contribution is 5.93. The van der Waals surface area contributed by atoms with Crippen LogP contribution in [-0.2, 0) is 11.3 Å². The zero-order valence-electron chi connectivity index (χ0n) is 14.5. The predicted octanol–water partition coefficient (Wildman–Crippen LogP) is -0.432. The van der Waals surface area contributed by atoms with Crippen LogP contribution in [0.2, 0.25) is 0 Å². The van der Waals surface area contributed by atoms with Crippen molar-refractivity contribution in [1.82, 2.24) is 0 Å². The van der Waals surface area contributed by atoms with Crippen molar-refractivity contribution in [1.29, 1.82) is 0 Å². The summed E-state index contributed by atoms with van der Waals surface area (Å²) in [7, 11) is 0. The lowest BCUT2D eigenvalue weighted by atomic mass is 10.1. The molecule has 0 spiro atoms. The molecular formula is C20H22N2O4+2. The number of carbonyl (C=O) groups excluding carboxylic acids is 1. The van der Waals surface area contributed by atoms with Gasteiger partial charge in [-0.3, -0.25) is 4.90 Å². The van der Waals surface area contributed by atoms with Gasteiger partial charge in [-0.25, -0.2) is 4.79 Å². The average Bonchev–Trinajstić information content (AvgIpc) is 3.27. The van der Waals surface area contributed by atoms with E-state index >= 15 is 0 Å². The molecule has 6 nitrogen and oxygen atoms in total. The molecule has 0 radical (unpaired) electrons. The van der Waals surface area contributed by atoms with Gasteiger partial charge in [0.05, 0.1) is 11.1 Å². The Hall–Kier alpha value is -2.57. The monoisotopic (exact) mass is 354 g/mol. The molecule has 0 amide bonds. The van der Waals surface area contributed by atoms with E-state index in [9.17, 15) is 4.79 Å². The number of carbonyl (C=O) groups is 1. The van der Waals surface area contributed by atoms with Gasteiger partial charge in [-0.2, -0.15) is 0 Å². The first-order valence-corrected chi connectivity index (χ1v) is 9.14. The van der Waals surface area contributed by atoms with E-state index in [1.807, 2.05) is 30.3 Å². The van der Waals surface area contributed by atoms with Crippen molar-refractivity contribution in [3.63, 3.8) is 0 Å². The highest BCUT2D eigenvalue weighted by Gasteiger charge is 2.40. The van der Waals surface area contributed by atoms with Gasteiger partial charge in [-0.05, 0) is 30.3 Å². The first-order valence-electron chi connectivity index (χ1n) is 9.14. The summed E-state index contributed by atoms with van der Waals surface area (Å²) in [5.74, 6) is 1.49. The molecule has 5 rings (SSSR count). The molecule has 1 atom stereocenters. The molecule has 26 heavy (non-hydrogen) atoms. The zero-order chi connectivity index (χ0) is 17.5. The number of nitrogens with one attached hydrogen (secondary N) is 2. The Bertz CT molecular complexity index is 845. The molecule has 2 aromatic carbocycles. The Morgan fingerprint density at radius 2 is 1.77 bits per heavy atom. The summed E-state index contributed by atoms with van der Waals surface area (Å²) in [6, 6.07) is 14.0. The van der Waals surface area contributed by atoms with Crippen molar-refractivity contribution in [2.75, 3.05) is 33.0 Å². The smallest absolute Gasteiger partial charge is 0.343 e. The lowest BCUT2D eigenvalue weighted by Gasteiger charge is -2.32. The number of benzene rings is 2. The third kappa shape index (κ3) is 2.71. The maximum atomic E-state index is 12.1. The Kier molecular flexibility index (Phi) is 3.80. The summed E-state index contributed by atoms with van der Waals surface area (Å²) in [5.41, 5.74) is 3.03. The zero-order valence-corrected chi connectivity index (χ0v) is 14.5. The van der Waals surface area contributed by atoms with Gasteiger partial charge in [-0.1, -0.05) is 12.1 Å². The number of cyclic esters (lactones) is 1. The maximum Gasteiger partial charge on any atom is 0.343 e. The van der Waals surface area contributed by atoms with Crippen LogP contribution in [0.3, 0.4) is 0 Å². The Morgan fingerprint density at radius 3 is 2.65 bits per heavy atom. The summed E-state index contributed by atoms with van der Waals surface area (Å²) >= 11 is 0. The van der Waals surface area contributed by atoms with Crippen molar-refractivity contribution < 1.29 is 28.8 Å². The van der Waals surface area contributed by atoms with E-state index in [1.54, 1.807) is 4.90 Å². The van der Waals surface area contributed by atoms with Crippen molar-refractivity contribution in [2.24, 2.45) is 0 Å². The Balaban J connectivity index is 1.22. The molecule has 1 saturated heterocycles. The molecule has 3 aliphatic heterocycles. The molecule has 0 bridgehead atoms. The minimum Gasteiger partial charge on any atom is -0.454 e. The molecule has 0 aliphatic carbocycles. The summed E-state index contributed by atoms with van der Waals surface area (Å²) in [6.07, 6.45) is -0.147. The SMILES string of the molecule is O=C1O[C@H]([NH+]2CC[NH+](Cc3ccc4c(c3)OCO4)CC2)c2ccccc21. The Labute approximate surface area is 151 Å². The quantitative estimate of drug-likeness (QED) is 0.735. The number of quaternary nitrogens is 2. The van der Waals surface area contributed by atoms with Gasteiger partial charge in [0.25, 0.3) is 6.23 Å². The summed E-state index contributed by atoms with van der Waals surface area (Å²) in [4.78, 5) is 14.9. The number of piperazine rings is 1. The standard InChI is InChI=1S/C20H20N2O4/c23-20-16-4-2-1-3-15(16)19(26-20)22-9-7-21(8-10-22)12-14-5-6-17-18(11-14)25-13-24-17/h1-6,11,19H,7-10,12-13H2/p+2/t19-/m0/s1. The van der Waals surface area contributed by atoms with Crippen molar-refractivity contribution in [3.05, 3.63) is 59.2 Å². The van der Waals surface area contributed by atoms with Gasteiger partial charge in [0.2, 0.25) is 6.79 Å². The van der Waals surface area contributed by atoms with Gasteiger partial charge in [0.1, 0.15) is 32.7 Å². The molecule has 0 unspecified atom stereocenters. The highest BCUT2D eigenvalue weighted by Crippen LogP contribution is 2.32. The van der Waals surface area contributed by atoms with E-state index < -0.39 is 0 Å². The molecule has 2 aromatic rings. The maximum absolute atomic E-state index is 12.1. The number of esters is 1. The molecule has 134 valence electrons. The topological polar surface area (TPSA) is 53.6 Å². The number of hydrogen-bond donors (Lipinski definition) is 2. The molecule has 2 N–H and O–H groups in total. The van der Waals surface area contributed by atoms with E-state index in [0.29, 0.717) is 6.79 Å². The summed E-state index contributed by atoms with van der Waals surface area (Å²) in [6.45, 7) is 5.39. The highest BCUT2D eigenvalue weighted by atomic mass is 16.7. The fourth-order valence-corrected chi connectivity index (χ4v) is 4.15. The first-order chi connectivity index (χ1) is 12.8. The van der Waals surface area contributed by atoms with Gasteiger partial charge in [0.15, 0.2) is 11.5 Å². The van der Waals surface area contributed by atoms with Crippen LogP contribution in [0.15, 0.2) is 42.5 Å². The van der Waals surface area contributed by atoms with Gasteiger partial charge < -0.3 is 19.1 Å². The summed E-state index contributed by atoms with van der Waals surface area (Å²) < 4.78 is 16.5. The van der Waals surface area contributed by atoms with E-state index in [1.165, 1.54) is 10.5 Å². The number of ether oxygens (including phenoxy) is 3. The summed E-state index contributed by atoms with van der Waals surface area (Å²) in [5, 5.41) is 0. The third-order valence-corrected chi connectivity index (χ3v) is 5.55. The molecule has 6 heteroatoms. The van der Waals surface area contributed by atoms with Crippen LogP contribution in [0, 0.1) is 0 Å². The molecule has 3 heterocycles. The van der Waals surface area contributed by atoms with Gasteiger partial charge in [0, 0.05) is 5.56 Å². The fourth-order valence-electron chi connectivity index (χ4n) is 4.15. The van der Waals surface area contributed by atoms with E-state index in [0.717, 1.165) is 55.3 Å². The van der Waals surface area contributed by atoms with Crippen LogP contribution < -0.4 is 19.3 Å². The van der Waals surface area contributed by atoms with Crippen molar-refractivity contribution >= 4 is 5.97 Å². The van der Waals surface area contributed by atoms with Crippen molar-refractivity contribution in [3.8, 4) is 11.5 Å². The van der Waals surface area contributed by atoms with Crippen LogP contribution in [0.5, 0.6) is 11.5 Å². The largest absolute Gasteiger partial charge is 0.454 e. The lowest BCUT2D eigenvalue weighted by Crippen LogP contribution is -3.27. The van der Waals surface area contributed by atoms with Gasteiger partial charge >= 0.3 is 5.97 Å². The average molecular weight is 354 g/mol. The predicted molar refractivity (Wildman–Crippen MR) is 92.3 cm³/mol. The minimum atomic E-state index is -0.187. The Morgan fingerprint density at radius 1 is 0.962 bits per heavy atom. The second-order valence-corrected chi connectivity index (χ2v) is 7.15. The van der Waals surface area contributed by atoms with Gasteiger partial charge in [-0.15, -0.1) is 0 Å². The van der Waals surface area contributed by atoms with Crippen LogP contribution in [0.25, 0.3) is 0 Å². The van der Waals surface area contributed by atoms with Crippen LogP contribution in [0.1, 0.15) is 27.7 Å². The fraction of sp³-hybridized carbons (Fsp3) is 0.350. The number of fused-ring (bicyclic) bond motifs is 2. The van der Waals surface area contributed by atoms with Crippen molar-refractivity contribution in [2.45, 2.75) is 12.8 Å². The molecule has 0 saturated carbocycles. The molecule has 3 aliphatic rings.